The molecule has 4 N–H and O–H groups in total. The maximum Gasteiger partial charge on any atom is 0.422 e. The number of benzene rings is 3. The number of thioether (sulfide) groups is 1. The Morgan fingerprint density at radius 2 is 1.74 bits per heavy atom. The van der Waals surface area contributed by atoms with Crippen LogP contribution in [-0.4, -0.2) is 72.0 Å². The highest BCUT2D eigenvalue weighted by Gasteiger charge is 2.54. The van der Waals surface area contributed by atoms with Gasteiger partial charge in [0.15, 0.2) is 5.60 Å². The fourth-order valence-electron chi connectivity index (χ4n) is 6.19. The van der Waals surface area contributed by atoms with E-state index in [-0.39, 0.29) is 11.0 Å². The number of thiazole rings is 1. The molecule has 1 fully saturated rings. The molecule has 280 valence electrons. The summed E-state index contributed by atoms with van der Waals surface area (Å²) in [6, 6.07) is 24.9. The largest absolute Gasteiger partial charge is 0.453 e. The number of hydrogen-bond acceptors (Lipinski definition) is 9. The first-order valence-corrected chi connectivity index (χ1v) is 18.8. The summed E-state index contributed by atoms with van der Waals surface area (Å²) in [5.74, 6) is 2.07. The lowest BCUT2D eigenvalue weighted by Crippen LogP contribution is -2.52. The number of morpholine rings is 1. The van der Waals surface area contributed by atoms with Crippen LogP contribution in [0.1, 0.15) is 47.3 Å². The lowest BCUT2D eigenvalue weighted by molar-refractivity contribution is -0.266. The zero-order chi connectivity index (χ0) is 38.0. The van der Waals surface area contributed by atoms with Gasteiger partial charge in [-0.15, -0.1) is 17.8 Å². The molecule has 1 aromatic heterocycles. The summed E-state index contributed by atoms with van der Waals surface area (Å²) in [4.78, 5) is 30.5. The zero-order valence-corrected chi connectivity index (χ0v) is 30.8. The average molecular weight is 767 g/mol. The van der Waals surface area contributed by atoms with Crippen molar-refractivity contribution in [2.24, 2.45) is 0 Å². The number of carbonyl (C=O) groups excluding carboxylic acids is 2. The van der Waals surface area contributed by atoms with Crippen LogP contribution >= 0.6 is 23.1 Å². The smallest absolute Gasteiger partial charge is 0.422 e. The van der Waals surface area contributed by atoms with Crippen LogP contribution in [0.2, 0.25) is 0 Å². The van der Waals surface area contributed by atoms with Gasteiger partial charge in [0.1, 0.15) is 10.4 Å². The van der Waals surface area contributed by atoms with E-state index in [1.165, 1.54) is 25.8 Å². The summed E-state index contributed by atoms with van der Waals surface area (Å²) in [5, 5.41) is 19.4. The average Bonchev–Trinajstić information content (AvgIpc) is 3.66. The third-order valence-corrected chi connectivity index (χ3v) is 11.5. The van der Waals surface area contributed by atoms with Gasteiger partial charge in [-0.1, -0.05) is 103 Å². The predicted molar refractivity (Wildman–Crippen MR) is 200 cm³/mol. The van der Waals surface area contributed by atoms with Crippen molar-refractivity contribution in [1.29, 1.82) is 0 Å². The van der Waals surface area contributed by atoms with Crippen molar-refractivity contribution in [3.8, 4) is 12.3 Å². The molecule has 1 aliphatic heterocycles. The van der Waals surface area contributed by atoms with E-state index in [2.05, 4.69) is 26.9 Å². The summed E-state index contributed by atoms with van der Waals surface area (Å²) < 4.78 is 52.4. The SMILES string of the molecule is C#C[C@H]1NC[C@@H](CCc2ccccc2NC(=O)[C@@H](NC(=O)OC)C(c2ccccc2)c2ccccc2)O[C@@H]1CSc1ncc(C(O)(CC)C(F)(F)F)s1. The van der Waals surface area contributed by atoms with Gasteiger partial charge in [0, 0.05) is 30.1 Å². The number of aryl methyl sites for hydroxylation is 1. The first kappa shape index (κ1) is 39.8. The van der Waals surface area contributed by atoms with Gasteiger partial charge in [-0.05, 0) is 42.0 Å². The molecule has 14 heteroatoms. The maximum atomic E-state index is 14.1. The summed E-state index contributed by atoms with van der Waals surface area (Å²) >= 11 is 2.02. The molecule has 5 atom stereocenters. The van der Waals surface area contributed by atoms with Gasteiger partial charge in [-0.3, -0.25) is 10.1 Å². The summed E-state index contributed by atoms with van der Waals surface area (Å²) in [5.41, 5.74) is 0.145. The van der Waals surface area contributed by atoms with Crippen molar-refractivity contribution in [2.45, 2.75) is 72.5 Å². The zero-order valence-electron chi connectivity index (χ0n) is 29.1. The van der Waals surface area contributed by atoms with E-state index in [4.69, 9.17) is 15.9 Å². The highest BCUT2D eigenvalue weighted by atomic mass is 32.2. The molecule has 1 aliphatic rings. The molecule has 3 aromatic carbocycles. The van der Waals surface area contributed by atoms with Gasteiger partial charge < -0.3 is 25.2 Å². The van der Waals surface area contributed by atoms with E-state index >= 15 is 0 Å². The normalized spacial score (nSPS) is 19.1. The molecule has 4 aromatic rings. The number of amides is 2. The van der Waals surface area contributed by atoms with Crippen LogP contribution in [0.15, 0.2) is 95.5 Å². The number of halogens is 3. The highest BCUT2D eigenvalue weighted by molar-refractivity contribution is 8.01. The minimum Gasteiger partial charge on any atom is -0.453 e. The number of para-hydroxylation sites is 1. The number of anilines is 1. The van der Waals surface area contributed by atoms with E-state index < -0.39 is 54.3 Å². The van der Waals surface area contributed by atoms with Crippen molar-refractivity contribution in [3.63, 3.8) is 0 Å². The molecule has 5 rings (SSSR count). The second-order valence-electron chi connectivity index (χ2n) is 12.5. The first-order chi connectivity index (χ1) is 25.5. The lowest BCUT2D eigenvalue weighted by atomic mass is 9.84. The number of methoxy groups -OCH3 is 1. The van der Waals surface area contributed by atoms with E-state index in [1.807, 2.05) is 78.9 Å². The van der Waals surface area contributed by atoms with Crippen molar-refractivity contribution < 1.29 is 37.3 Å². The number of alkyl carbamates (subject to hydrolysis) is 1. The van der Waals surface area contributed by atoms with Crippen molar-refractivity contribution >= 4 is 40.8 Å². The molecule has 53 heavy (non-hydrogen) atoms. The van der Waals surface area contributed by atoms with Gasteiger partial charge in [0.05, 0.1) is 30.2 Å². The van der Waals surface area contributed by atoms with Crippen LogP contribution in [-0.2, 0) is 26.3 Å². The number of aromatic nitrogens is 1. The Labute approximate surface area is 315 Å². The Morgan fingerprint density at radius 3 is 2.34 bits per heavy atom. The van der Waals surface area contributed by atoms with Gasteiger partial charge in [-0.25, -0.2) is 9.78 Å². The second kappa shape index (κ2) is 18.1. The second-order valence-corrected chi connectivity index (χ2v) is 14.8. The lowest BCUT2D eigenvalue weighted by Gasteiger charge is -2.35. The number of rotatable bonds is 14. The fourth-order valence-corrected chi connectivity index (χ4v) is 8.43. The number of nitrogens with zero attached hydrogens (tertiary/aromatic N) is 1. The molecule has 9 nitrogen and oxygen atoms in total. The maximum absolute atomic E-state index is 14.1. The first-order valence-electron chi connectivity index (χ1n) is 17.0. The van der Waals surface area contributed by atoms with Crippen molar-refractivity contribution in [1.82, 2.24) is 15.6 Å². The number of aliphatic hydroxyl groups is 1. The van der Waals surface area contributed by atoms with Gasteiger partial charge in [-0.2, -0.15) is 13.2 Å². The molecule has 1 saturated heterocycles. The molecule has 0 bridgehead atoms. The minimum absolute atomic E-state index is 0.259. The Balaban J connectivity index is 1.27. The molecule has 0 saturated carbocycles. The summed E-state index contributed by atoms with van der Waals surface area (Å²) in [7, 11) is 1.25. The van der Waals surface area contributed by atoms with Crippen LogP contribution < -0.4 is 16.0 Å². The fraction of sp³-hybridized carbons (Fsp3) is 0.359. The molecule has 0 spiro atoms. The van der Waals surface area contributed by atoms with Crippen molar-refractivity contribution in [3.05, 3.63) is 113 Å². The van der Waals surface area contributed by atoms with Crippen LogP contribution in [0.4, 0.5) is 23.7 Å². The van der Waals surface area contributed by atoms with Crippen LogP contribution in [0.5, 0.6) is 0 Å². The minimum atomic E-state index is -4.83. The number of hydrogen-bond donors (Lipinski definition) is 4. The standard InChI is InChI=1S/C39H41F3N4O5S2/c1-4-29-31(24-52-37-44-23-32(53-37)38(49,5-2)39(40,41)42)51-28(22-43-29)21-20-25-14-12-13-19-30(25)45-35(47)34(46-36(48)50-3)33(26-15-8-6-9-16-26)27-17-10-7-11-18-27/h1,6-19,23,28-29,31,33-34,43,49H,5,20-22,24H2,2-3H3,(H,45,47)(H,46,48)/t28-,29-,31-,34+,38?/m1/s1. The number of ether oxygens (including phenoxy) is 2. The van der Waals surface area contributed by atoms with Gasteiger partial charge >= 0.3 is 12.3 Å². The summed E-state index contributed by atoms with van der Waals surface area (Å²) in [6.45, 7) is 1.75. The predicted octanol–water partition coefficient (Wildman–Crippen LogP) is 6.88. The van der Waals surface area contributed by atoms with E-state index in [0.717, 1.165) is 34.2 Å². The quantitative estimate of drug-likeness (QED) is 0.0810. The van der Waals surface area contributed by atoms with Gasteiger partial charge in [0.25, 0.3) is 0 Å². The molecular weight excluding hydrogens is 726 g/mol. The monoisotopic (exact) mass is 766 g/mol. The molecule has 0 aliphatic carbocycles. The van der Waals surface area contributed by atoms with Crippen LogP contribution in [0, 0.1) is 12.3 Å². The van der Waals surface area contributed by atoms with E-state index in [0.29, 0.717) is 35.2 Å². The Kier molecular flexibility index (Phi) is 13.6. The summed E-state index contributed by atoms with van der Waals surface area (Å²) in [6.07, 6.45) is 1.12. The van der Waals surface area contributed by atoms with Crippen LogP contribution in [0.25, 0.3) is 0 Å². The molecule has 2 amide bonds. The number of terminal acetylenes is 1. The Morgan fingerprint density at radius 1 is 1.09 bits per heavy atom. The van der Waals surface area contributed by atoms with E-state index in [9.17, 15) is 27.9 Å². The van der Waals surface area contributed by atoms with Crippen LogP contribution in [0.3, 0.4) is 0 Å². The number of nitrogens with one attached hydrogen (secondary N) is 3. The number of alkyl halides is 3. The Bertz CT molecular complexity index is 1820. The highest BCUT2D eigenvalue weighted by Crippen LogP contribution is 2.45. The van der Waals surface area contributed by atoms with E-state index in [1.54, 1.807) is 6.07 Å². The molecule has 2 heterocycles. The third-order valence-electron chi connectivity index (χ3n) is 9.13. The van der Waals surface area contributed by atoms with Gasteiger partial charge in [0.2, 0.25) is 5.91 Å². The topological polar surface area (TPSA) is 122 Å². The number of carbonyl (C=O) groups is 2. The third kappa shape index (κ3) is 9.78. The molecule has 0 radical (unpaired) electrons. The molecule has 1 unspecified atom stereocenters. The van der Waals surface area contributed by atoms with Crippen molar-refractivity contribution in [2.75, 3.05) is 24.7 Å². The molecular formula is C39H41F3N4O5S2. The Hall–Kier alpha value is -4.39.